The molecule has 0 aromatic carbocycles. The van der Waals surface area contributed by atoms with Crippen LogP contribution >= 0.6 is 0 Å². The molecule has 1 saturated heterocycles. The average molecular weight is 998 g/mol. The summed E-state index contributed by atoms with van der Waals surface area (Å²) in [6.07, 6.45) is 41.7. The lowest BCUT2D eigenvalue weighted by Crippen LogP contribution is -2.27. The Morgan fingerprint density at radius 3 is 0.972 bits per heavy atom. The minimum absolute atomic E-state index is 0.0232. The first-order valence-electron chi connectivity index (χ1n) is 28.7. The van der Waals surface area contributed by atoms with Crippen LogP contribution < -0.4 is 0 Å². The number of hydrogen-bond acceptors (Lipinski definition) is 11. The highest BCUT2D eigenvalue weighted by Crippen LogP contribution is 2.20. The van der Waals surface area contributed by atoms with Crippen LogP contribution in [0.3, 0.4) is 0 Å². The van der Waals surface area contributed by atoms with Crippen molar-refractivity contribution in [3.63, 3.8) is 0 Å². The van der Waals surface area contributed by atoms with Gasteiger partial charge in [-0.25, -0.2) is 0 Å². The lowest BCUT2D eigenvalue weighted by Gasteiger charge is -2.18. The van der Waals surface area contributed by atoms with Gasteiger partial charge in [-0.05, 0) is 167 Å². The fraction of sp³-hybridized carbons (Fsp3) is 0.783. The maximum Gasteiger partial charge on any atom is 0.306 e. The van der Waals surface area contributed by atoms with Crippen LogP contribution in [0.5, 0.6) is 0 Å². The molecular formula is C60H103NO10. The SMILES string of the molecule is C=CCCCCCCC(CCCCCCC=C)OC(=O)CCCCCC(=O)OCC(COC(=O)CCCCCC(=O)OC(CCCCCCC=C)CCCCCCC=C)COC(=O)CCCN1CCCC1. The van der Waals surface area contributed by atoms with E-state index in [0.29, 0.717) is 64.2 Å². The van der Waals surface area contributed by atoms with Gasteiger partial charge in [0.25, 0.3) is 0 Å². The van der Waals surface area contributed by atoms with Crippen LogP contribution in [-0.2, 0) is 47.7 Å². The summed E-state index contributed by atoms with van der Waals surface area (Å²) < 4.78 is 28.7. The molecule has 11 heteroatoms. The summed E-state index contributed by atoms with van der Waals surface area (Å²) in [6, 6.07) is 0. The minimum atomic E-state index is -0.505. The lowest BCUT2D eigenvalue weighted by molar-refractivity contribution is -0.154. The molecule has 0 saturated carbocycles. The molecule has 408 valence electrons. The second-order valence-electron chi connectivity index (χ2n) is 20.0. The van der Waals surface area contributed by atoms with Crippen molar-refractivity contribution in [2.45, 2.75) is 256 Å². The van der Waals surface area contributed by atoms with E-state index in [2.05, 4.69) is 31.2 Å². The molecule has 0 bridgehead atoms. The molecule has 0 radical (unpaired) electrons. The number of esters is 5. The molecule has 1 aliphatic rings. The minimum Gasteiger partial charge on any atom is -0.465 e. The summed E-state index contributed by atoms with van der Waals surface area (Å²) >= 11 is 0. The Bertz CT molecular complexity index is 1270. The number of rotatable bonds is 52. The van der Waals surface area contributed by atoms with Crippen LogP contribution in [0.1, 0.15) is 244 Å². The van der Waals surface area contributed by atoms with Crippen LogP contribution in [-0.4, -0.2) is 86.4 Å². The van der Waals surface area contributed by atoms with Gasteiger partial charge in [-0.1, -0.05) is 88.5 Å². The molecular weight excluding hydrogens is 895 g/mol. The van der Waals surface area contributed by atoms with E-state index in [1.54, 1.807) is 0 Å². The van der Waals surface area contributed by atoms with E-state index < -0.39 is 5.92 Å². The van der Waals surface area contributed by atoms with E-state index in [1.807, 2.05) is 24.3 Å². The highest BCUT2D eigenvalue weighted by molar-refractivity contribution is 5.71. The smallest absolute Gasteiger partial charge is 0.306 e. The van der Waals surface area contributed by atoms with Crippen molar-refractivity contribution in [1.82, 2.24) is 4.90 Å². The van der Waals surface area contributed by atoms with Crippen molar-refractivity contribution >= 4 is 29.8 Å². The van der Waals surface area contributed by atoms with Crippen LogP contribution in [0.15, 0.2) is 50.6 Å². The molecule has 1 rings (SSSR count). The molecule has 0 aliphatic carbocycles. The predicted molar refractivity (Wildman–Crippen MR) is 289 cm³/mol. The largest absolute Gasteiger partial charge is 0.465 e. The Morgan fingerprint density at radius 2 is 0.648 bits per heavy atom. The zero-order chi connectivity index (χ0) is 51.7. The first-order valence-corrected chi connectivity index (χ1v) is 28.7. The predicted octanol–water partition coefficient (Wildman–Crippen LogP) is 14.9. The van der Waals surface area contributed by atoms with E-state index in [0.717, 1.165) is 174 Å². The maximum atomic E-state index is 12.8. The van der Waals surface area contributed by atoms with Gasteiger partial charge < -0.3 is 28.6 Å². The van der Waals surface area contributed by atoms with Gasteiger partial charge in [0.2, 0.25) is 0 Å². The quantitative estimate of drug-likeness (QED) is 0.0249. The molecule has 0 aromatic rings. The number of allylic oxidation sites excluding steroid dienone is 4. The van der Waals surface area contributed by atoms with Crippen molar-refractivity contribution in [1.29, 1.82) is 0 Å². The zero-order valence-corrected chi connectivity index (χ0v) is 45.0. The Labute approximate surface area is 433 Å². The topological polar surface area (TPSA) is 135 Å². The molecule has 1 aliphatic heterocycles. The number of likely N-dealkylation sites (tertiary alicyclic amines) is 1. The Balaban J connectivity index is 2.53. The Morgan fingerprint density at radius 1 is 0.366 bits per heavy atom. The first kappa shape index (κ1) is 65.3. The van der Waals surface area contributed by atoms with Crippen molar-refractivity contribution in [2.24, 2.45) is 5.92 Å². The van der Waals surface area contributed by atoms with E-state index in [1.165, 1.54) is 12.8 Å². The highest BCUT2D eigenvalue weighted by atomic mass is 16.6. The molecule has 71 heavy (non-hydrogen) atoms. The molecule has 1 fully saturated rings. The fourth-order valence-corrected chi connectivity index (χ4v) is 8.95. The third-order valence-electron chi connectivity index (χ3n) is 13.4. The molecule has 1 heterocycles. The van der Waals surface area contributed by atoms with Gasteiger partial charge in [0.1, 0.15) is 32.0 Å². The molecule has 0 N–H and O–H groups in total. The molecule has 0 amide bonds. The first-order chi connectivity index (χ1) is 34.7. The van der Waals surface area contributed by atoms with Gasteiger partial charge >= 0.3 is 29.8 Å². The Hall–Kier alpha value is -3.73. The Kier molecular flexibility index (Phi) is 44.6. The third kappa shape index (κ3) is 42.5. The third-order valence-corrected chi connectivity index (χ3v) is 13.4. The zero-order valence-electron chi connectivity index (χ0n) is 45.0. The standard InChI is InChI=1S/C60H103NO10/c1-5-9-13-17-21-27-38-54(39-28-22-18-14-10-6-2)70-59(65)44-33-25-31-42-56(62)67-50-53(52-69-58(64)46-37-49-61-47-35-36-48-61)51-68-57(63)43-32-26-34-45-60(66)71-55(40-29-23-19-15-11-7-3)41-30-24-20-16-12-8-4/h5-8,53-55H,1-4,9-52H2. The summed E-state index contributed by atoms with van der Waals surface area (Å²) in [4.78, 5) is 66.3. The number of unbranched alkanes of at least 4 members (excludes halogenated alkanes) is 20. The summed E-state index contributed by atoms with van der Waals surface area (Å²) in [5, 5.41) is 0. The van der Waals surface area contributed by atoms with Crippen molar-refractivity contribution in [2.75, 3.05) is 39.5 Å². The second-order valence-corrected chi connectivity index (χ2v) is 20.0. The van der Waals surface area contributed by atoms with E-state index in [-0.39, 0.29) is 74.7 Å². The fourth-order valence-electron chi connectivity index (χ4n) is 8.95. The van der Waals surface area contributed by atoms with Gasteiger partial charge in [-0.15, -0.1) is 26.3 Å². The molecule has 0 spiro atoms. The van der Waals surface area contributed by atoms with Gasteiger partial charge in [-0.3, -0.25) is 24.0 Å². The summed E-state index contributed by atoms with van der Waals surface area (Å²) in [5.41, 5.74) is 0. The van der Waals surface area contributed by atoms with Crippen LogP contribution in [0.2, 0.25) is 0 Å². The van der Waals surface area contributed by atoms with E-state index in [9.17, 15) is 24.0 Å². The lowest BCUT2D eigenvalue weighted by atomic mass is 10.0. The van der Waals surface area contributed by atoms with E-state index >= 15 is 0 Å². The molecule has 0 aromatic heterocycles. The maximum absolute atomic E-state index is 12.8. The summed E-state index contributed by atoms with van der Waals surface area (Å²) in [7, 11) is 0. The normalized spacial score (nSPS) is 12.5. The van der Waals surface area contributed by atoms with Crippen molar-refractivity contribution in [3.8, 4) is 0 Å². The monoisotopic (exact) mass is 998 g/mol. The number of nitrogens with zero attached hydrogens (tertiary/aromatic N) is 1. The number of carbonyl (C=O) groups is 5. The van der Waals surface area contributed by atoms with Crippen LogP contribution in [0.4, 0.5) is 0 Å². The van der Waals surface area contributed by atoms with Gasteiger partial charge in [-0.2, -0.15) is 0 Å². The van der Waals surface area contributed by atoms with Gasteiger partial charge in [0.15, 0.2) is 0 Å². The van der Waals surface area contributed by atoms with Gasteiger partial charge in [0.05, 0.1) is 5.92 Å². The number of hydrogen-bond donors (Lipinski definition) is 0. The van der Waals surface area contributed by atoms with Crippen LogP contribution in [0, 0.1) is 5.92 Å². The molecule has 0 unspecified atom stereocenters. The van der Waals surface area contributed by atoms with Crippen molar-refractivity contribution < 1.29 is 47.7 Å². The second kappa shape index (κ2) is 48.5. The molecule has 0 atom stereocenters. The molecule has 11 nitrogen and oxygen atoms in total. The average Bonchev–Trinajstić information content (AvgIpc) is 3.88. The number of carbonyl (C=O) groups excluding carboxylic acids is 5. The van der Waals surface area contributed by atoms with Crippen molar-refractivity contribution in [3.05, 3.63) is 50.6 Å². The highest BCUT2D eigenvalue weighted by Gasteiger charge is 2.20. The van der Waals surface area contributed by atoms with E-state index in [4.69, 9.17) is 23.7 Å². The van der Waals surface area contributed by atoms with Crippen LogP contribution in [0.25, 0.3) is 0 Å². The number of ether oxygens (including phenoxy) is 5. The summed E-state index contributed by atoms with van der Waals surface area (Å²) in [6.45, 7) is 18.1. The van der Waals surface area contributed by atoms with Gasteiger partial charge in [0, 0.05) is 32.1 Å². The summed E-state index contributed by atoms with van der Waals surface area (Å²) in [5.74, 6) is -1.93.